The zero-order chi connectivity index (χ0) is 16.4. The molecular weight excluding hydrogens is 296 g/mol. The summed E-state index contributed by atoms with van der Waals surface area (Å²) in [5.41, 5.74) is 1.21. The summed E-state index contributed by atoms with van der Waals surface area (Å²) in [7, 11) is 0. The number of aromatic nitrogens is 2. The van der Waals surface area contributed by atoms with Crippen LogP contribution in [0.15, 0.2) is 45.2 Å². The summed E-state index contributed by atoms with van der Waals surface area (Å²) in [6.07, 6.45) is -0.651. The minimum Gasteiger partial charge on any atom is -0.466 e. The lowest BCUT2D eigenvalue weighted by atomic mass is 10.2. The van der Waals surface area contributed by atoms with E-state index in [0.29, 0.717) is 23.0 Å². The number of esters is 1. The highest BCUT2D eigenvalue weighted by Crippen LogP contribution is 2.24. The minimum absolute atomic E-state index is 0.245. The fourth-order valence-corrected chi connectivity index (χ4v) is 2.20. The SMILES string of the molecule is Cc1cc(C(=O)OC(C)c2nnc(-c3ccccc3)o2)c(C)o1. The molecule has 0 aliphatic heterocycles. The molecule has 0 bridgehead atoms. The lowest BCUT2D eigenvalue weighted by Crippen LogP contribution is -2.09. The molecule has 1 unspecified atom stereocenters. The Labute approximate surface area is 133 Å². The summed E-state index contributed by atoms with van der Waals surface area (Å²) in [6.45, 7) is 5.17. The van der Waals surface area contributed by atoms with E-state index < -0.39 is 12.1 Å². The number of rotatable bonds is 4. The van der Waals surface area contributed by atoms with Crippen LogP contribution in [-0.2, 0) is 4.74 Å². The van der Waals surface area contributed by atoms with E-state index in [2.05, 4.69) is 10.2 Å². The van der Waals surface area contributed by atoms with E-state index in [1.165, 1.54) is 0 Å². The summed E-state index contributed by atoms with van der Waals surface area (Å²) in [5.74, 6) is 1.33. The summed E-state index contributed by atoms with van der Waals surface area (Å²) in [6, 6.07) is 11.0. The maximum atomic E-state index is 12.2. The van der Waals surface area contributed by atoms with Gasteiger partial charge in [0.15, 0.2) is 6.10 Å². The molecule has 0 aliphatic rings. The Morgan fingerprint density at radius 1 is 1.13 bits per heavy atom. The van der Waals surface area contributed by atoms with Crippen molar-refractivity contribution in [1.29, 1.82) is 0 Å². The summed E-state index contributed by atoms with van der Waals surface area (Å²) in [5, 5.41) is 7.93. The number of hydrogen-bond donors (Lipinski definition) is 0. The van der Waals surface area contributed by atoms with Gasteiger partial charge in [0.25, 0.3) is 5.89 Å². The van der Waals surface area contributed by atoms with Crippen LogP contribution >= 0.6 is 0 Å². The molecule has 118 valence electrons. The summed E-state index contributed by atoms with van der Waals surface area (Å²) < 4.78 is 16.3. The van der Waals surface area contributed by atoms with Gasteiger partial charge in [0.05, 0.1) is 0 Å². The highest BCUT2D eigenvalue weighted by atomic mass is 16.6. The Bertz CT molecular complexity index is 820. The molecule has 1 atom stereocenters. The largest absolute Gasteiger partial charge is 0.466 e. The molecule has 6 nitrogen and oxygen atoms in total. The predicted molar refractivity (Wildman–Crippen MR) is 81.7 cm³/mol. The van der Waals surface area contributed by atoms with E-state index in [9.17, 15) is 4.79 Å². The monoisotopic (exact) mass is 312 g/mol. The van der Waals surface area contributed by atoms with Crippen LogP contribution in [0.25, 0.3) is 11.5 Å². The molecule has 0 aliphatic carbocycles. The summed E-state index contributed by atoms with van der Waals surface area (Å²) >= 11 is 0. The Kier molecular flexibility index (Phi) is 3.97. The molecule has 0 saturated heterocycles. The second-order valence-electron chi connectivity index (χ2n) is 5.19. The first-order chi connectivity index (χ1) is 11.0. The topological polar surface area (TPSA) is 78.4 Å². The zero-order valence-electron chi connectivity index (χ0n) is 13.1. The van der Waals surface area contributed by atoms with Crippen molar-refractivity contribution in [2.24, 2.45) is 0 Å². The molecule has 0 radical (unpaired) electrons. The Balaban J connectivity index is 1.74. The molecule has 3 rings (SSSR count). The molecule has 3 aromatic rings. The highest BCUT2D eigenvalue weighted by molar-refractivity contribution is 5.90. The smallest absolute Gasteiger partial charge is 0.342 e. The second-order valence-corrected chi connectivity index (χ2v) is 5.19. The molecule has 6 heteroatoms. The fraction of sp³-hybridized carbons (Fsp3) is 0.235. The molecule has 1 aromatic carbocycles. The molecular formula is C17H16N2O4. The number of carbonyl (C=O) groups is 1. The van der Waals surface area contributed by atoms with E-state index in [4.69, 9.17) is 13.6 Å². The van der Waals surface area contributed by atoms with E-state index >= 15 is 0 Å². The minimum atomic E-state index is -0.651. The molecule has 0 amide bonds. The van der Waals surface area contributed by atoms with E-state index in [0.717, 1.165) is 5.56 Å². The molecule has 0 N–H and O–H groups in total. The van der Waals surface area contributed by atoms with Gasteiger partial charge in [-0.25, -0.2) is 4.79 Å². The zero-order valence-corrected chi connectivity index (χ0v) is 13.1. The second kappa shape index (κ2) is 6.08. The van der Waals surface area contributed by atoms with Gasteiger partial charge in [0, 0.05) is 5.56 Å². The first kappa shape index (κ1) is 15.0. The maximum Gasteiger partial charge on any atom is 0.342 e. The fourth-order valence-electron chi connectivity index (χ4n) is 2.20. The number of aryl methyl sites for hydroxylation is 2. The first-order valence-electron chi connectivity index (χ1n) is 7.21. The van der Waals surface area contributed by atoms with Crippen LogP contribution in [0.4, 0.5) is 0 Å². The third kappa shape index (κ3) is 3.15. The molecule has 23 heavy (non-hydrogen) atoms. The molecule has 0 fully saturated rings. The Morgan fingerprint density at radius 3 is 2.52 bits per heavy atom. The van der Waals surface area contributed by atoms with E-state index in [-0.39, 0.29) is 5.89 Å². The van der Waals surface area contributed by atoms with E-state index in [1.807, 2.05) is 30.3 Å². The number of benzene rings is 1. The van der Waals surface area contributed by atoms with Gasteiger partial charge in [-0.05, 0) is 39.0 Å². The van der Waals surface area contributed by atoms with Crippen molar-refractivity contribution in [3.8, 4) is 11.5 Å². The van der Waals surface area contributed by atoms with Crippen LogP contribution in [-0.4, -0.2) is 16.2 Å². The normalized spacial score (nSPS) is 12.1. The number of ether oxygens (including phenoxy) is 1. The lowest BCUT2D eigenvalue weighted by molar-refractivity contribution is 0.0278. The number of hydrogen-bond acceptors (Lipinski definition) is 6. The van der Waals surface area contributed by atoms with Crippen molar-refractivity contribution in [3.63, 3.8) is 0 Å². The molecule has 2 heterocycles. The van der Waals surface area contributed by atoms with Gasteiger partial charge in [-0.15, -0.1) is 10.2 Å². The van der Waals surface area contributed by atoms with Crippen LogP contribution in [0, 0.1) is 13.8 Å². The first-order valence-corrected chi connectivity index (χ1v) is 7.21. The van der Waals surface area contributed by atoms with Crippen LogP contribution in [0.3, 0.4) is 0 Å². The van der Waals surface area contributed by atoms with Crippen LogP contribution in [0.2, 0.25) is 0 Å². The number of nitrogens with zero attached hydrogens (tertiary/aromatic N) is 2. The van der Waals surface area contributed by atoms with Gasteiger partial charge >= 0.3 is 5.97 Å². The average Bonchev–Trinajstić information content (AvgIpc) is 3.15. The average molecular weight is 312 g/mol. The summed E-state index contributed by atoms with van der Waals surface area (Å²) in [4.78, 5) is 12.2. The van der Waals surface area contributed by atoms with Crippen molar-refractivity contribution in [1.82, 2.24) is 10.2 Å². The van der Waals surface area contributed by atoms with Crippen LogP contribution < -0.4 is 0 Å². The Morgan fingerprint density at radius 2 is 1.87 bits per heavy atom. The molecule has 2 aromatic heterocycles. The number of furan rings is 1. The van der Waals surface area contributed by atoms with Gasteiger partial charge in [-0.1, -0.05) is 18.2 Å². The van der Waals surface area contributed by atoms with Crippen molar-refractivity contribution in [2.75, 3.05) is 0 Å². The van der Waals surface area contributed by atoms with Gasteiger partial charge in [0.1, 0.15) is 17.1 Å². The molecule has 0 spiro atoms. The van der Waals surface area contributed by atoms with E-state index in [1.54, 1.807) is 26.8 Å². The number of carbonyl (C=O) groups excluding carboxylic acids is 1. The molecule has 0 saturated carbocycles. The van der Waals surface area contributed by atoms with Gasteiger partial charge in [-0.3, -0.25) is 0 Å². The van der Waals surface area contributed by atoms with Gasteiger partial charge in [0.2, 0.25) is 5.89 Å². The van der Waals surface area contributed by atoms with Crippen LogP contribution in [0.1, 0.15) is 40.8 Å². The van der Waals surface area contributed by atoms with Gasteiger partial charge < -0.3 is 13.6 Å². The van der Waals surface area contributed by atoms with Crippen LogP contribution in [0.5, 0.6) is 0 Å². The van der Waals surface area contributed by atoms with Gasteiger partial charge in [-0.2, -0.15) is 0 Å². The maximum absolute atomic E-state index is 12.2. The Hall–Kier alpha value is -2.89. The lowest BCUT2D eigenvalue weighted by Gasteiger charge is -2.08. The predicted octanol–water partition coefficient (Wildman–Crippen LogP) is 3.86. The standard InChI is InChI=1S/C17H16N2O4/c1-10-9-14(11(2)21-10)17(20)22-12(3)15-18-19-16(23-15)13-7-5-4-6-8-13/h4-9,12H,1-3H3. The third-order valence-corrected chi connectivity index (χ3v) is 3.35. The highest BCUT2D eigenvalue weighted by Gasteiger charge is 2.22. The quantitative estimate of drug-likeness (QED) is 0.681. The van der Waals surface area contributed by atoms with Crippen molar-refractivity contribution in [3.05, 3.63) is 59.4 Å². The third-order valence-electron chi connectivity index (χ3n) is 3.35. The van der Waals surface area contributed by atoms with Crippen molar-refractivity contribution >= 4 is 5.97 Å². The van der Waals surface area contributed by atoms with Crippen molar-refractivity contribution < 1.29 is 18.4 Å². The van der Waals surface area contributed by atoms with Crippen molar-refractivity contribution in [2.45, 2.75) is 26.9 Å².